The summed E-state index contributed by atoms with van der Waals surface area (Å²) in [6.07, 6.45) is 4.40. The van der Waals surface area contributed by atoms with Gasteiger partial charge in [-0.1, -0.05) is 36.9 Å². The van der Waals surface area contributed by atoms with Crippen molar-refractivity contribution >= 4 is 46.3 Å². The molecule has 11 nitrogen and oxygen atoms in total. The Bertz CT molecular complexity index is 1420. The Kier molecular flexibility index (Phi) is 5.83. The van der Waals surface area contributed by atoms with Gasteiger partial charge in [0.05, 0.1) is 16.7 Å². The molecule has 0 radical (unpaired) electrons. The number of imide groups is 1. The maximum absolute atomic E-state index is 13.0. The first-order chi connectivity index (χ1) is 16.8. The van der Waals surface area contributed by atoms with E-state index in [1.165, 1.54) is 4.57 Å². The molecule has 35 heavy (non-hydrogen) atoms. The van der Waals surface area contributed by atoms with Gasteiger partial charge in [0, 0.05) is 6.54 Å². The topological polar surface area (TPSA) is 131 Å². The van der Waals surface area contributed by atoms with Crippen molar-refractivity contribution in [2.75, 3.05) is 5.75 Å². The highest BCUT2D eigenvalue weighted by Crippen LogP contribution is 2.35. The third kappa shape index (κ3) is 3.87. The monoisotopic (exact) mass is 495 g/mol. The van der Waals surface area contributed by atoms with Gasteiger partial charge >= 0.3 is 6.03 Å². The molecule has 1 saturated heterocycles. The summed E-state index contributed by atoms with van der Waals surface area (Å²) in [5.74, 6) is -0.224. The van der Waals surface area contributed by atoms with Crippen molar-refractivity contribution < 1.29 is 14.4 Å². The minimum atomic E-state index is -0.930. The van der Waals surface area contributed by atoms with E-state index in [0.717, 1.165) is 29.6 Å². The summed E-state index contributed by atoms with van der Waals surface area (Å²) in [4.78, 5) is 51.0. The van der Waals surface area contributed by atoms with Gasteiger partial charge in [-0.2, -0.15) is 5.01 Å². The molecule has 3 heterocycles. The summed E-state index contributed by atoms with van der Waals surface area (Å²) >= 11 is 1.09. The average Bonchev–Trinajstić information content (AvgIpc) is 3.37. The van der Waals surface area contributed by atoms with E-state index in [9.17, 15) is 19.2 Å². The molecule has 1 aromatic carbocycles. The summed E-state index contributed by atoms with van der Waals surface area (Å²) in [7, 11) is 0. The van der Waals surface area contributed by atoms with Crippen LogP contribution in [0.2, 0.25) is 0 Å². The molecule has 1 aliphatic carbocycles. The smallest absolute Gasteiger partial charge is 0.322 e. The first kappa shape index (κ1) is 23.1. The summed E-state index contributed by atoms with van der Waals surface area (Å²) in [6, 6.07) is 6.47. The zero-order valence-corrected chi connectivity index (χ0v) is 20.0. The molecule has 1 spiro atoms. The standard InChI is InChI=1S/C23H25N7O4S/c1-3-12-28-18(32)15-6-4-5-7-16(15)29-20(28)25-26-22(29)35-13-17(31)27-30-19(33)23(24-21(30)34)10-8-14(2)9-11-23/h3-7,14H,1,8-13H2,2H3,(H,24,34)(H,27,31). The predicted molar refractivity (Wildman–Crippen MR) is 130 cm³/mol. The number of hydrogen-bond donors (Lipinski definition) is 2. The number of aromatic nitrogens is 4. The van der Waals surface area contributed by atoms with E-state index in [4.69, 9.17) is 0 Å². The fourth-order valence-corrected chi connectivity index (χ4v) is 5.46. The molecule has 4 amide bonds. The first-order valence-corrected chi connectivity index (χ1v) is 12.4. The number of nitrogens with zero attached hydrogens (tertiary/aromatic N) is 5. The number of benzene rings is 1. The highest BCUT2D eigenvalue weighted by molar-refractivity contribution is 7.99. The number of para-hydroxylation sites is 1. The van der Waals surface area contributed by atoms with Crippen molar-refractivity contribution in [1.82, 2.24) is 34.9 Å². The van der Waals surface area contributed by atoms with Gasteiger partial charge < -0.3 is 5.32 Å². The van der Waals surface area contributed by atoms with Crippen molar-refractivity contribution in [2.24, 2.45) is 5.92 Å². The van der Waals surface area contributed by atoms with Crippen LogP contribution >= 0.6 is 11.8 Å². The van der Waals surface area contributed by atoms with Gasteiger partial charge in [-0.25, -0.2) is 4.79 Å². The average molecular weight is 496 g/mol. The van der Waals surface area contributed by atoms with E-state index in [1.54, 1.807) is 34.7 Å². The Morgan fingerprint density at radius 3 is 2.74 bits per heavy atom. The molecule has 0 unspecified atom stereocenters. The second kappa shape index (κ2) is 8.84. The summed E-state index contributed by atoms with van der Waals surface area (Å²) < 4.78 is 3.17. The second-order valence-electron chi connectivity index (χ2n) is 9.00. The van der Waals surface area contributed by atoms with Gasteiger partial charge in [-0.05, 0) is 43.7 Å². The molecule has 0 bridgehead atoms. The van der Waals surface area contributed by atoms with Crippen LogP contribution in [0.4, 0.5) is 4.79 Å². The number of thioether (sulfide) groups is 1. The van der Waals surface area contributed by atoms with Crippen molar-refractivity contribution in [3.05, 3.63) is 47.3 Å². The molecule has 3 aromatic rings. The Hall–Kier alpha value is -3.67. The van der Waals surface area contributed by atoms with E-state index >= 15 is 0 Å². The molecule has 182 valence electrons. The number of amides is 4. The van der Waals surface area contributed by atoms with Crippen molar-refractivity contribution in [3.8, 4) is 0 Å². The number of rotatable bonds is 6. The zero-order chi connectivity index (χ0) is 24.7. The normalized spacial score (nSPS) is 22.2. The highest BCUT2D eigenvalue weighted by Gasteiger charge is 2.52. The Balaban J connectivity index is 1.35. The van der Waals surface area contributed by atoms with Crippen LogP contribution in [0, 0.1) is 5.92 Å². The van der Waals surface area contributed by atoms with E-state index < -0.39 is 23.4 Å². The third-order valence-corrected chi connectivity index (χ3v) is 7.58. The lowest BCUT2D eigenvalue weighted by atomic mass is 9.77. The van der Waals surface area contributed by atoms with Gasteiger partial charge in [-0.15, -0.1) is 16.8 Å². The van der Waals surface area contributed by atoms with Gasteiger partial charge in [0.15, 0.2) is 5.16 Å². The minimum Gasteiger partial charge on any atom is -0.322 e. The molecule has 1 aliphatic heterocycles. The first-order valence-electron chi connectivity index (χ1n) is 11.4. The zero-order valence-electron chi connectivity index (χ0n) is 19.2. The maximum Gasteiger partial charge on any atom is 0.344 e. The molecule has 1 saturated carbocycles. The second-order valence-corrected chi connectivity index (χ2v) is 9.94. The number of hydrazine groups is 1. The lowest BCUT2D eigenvalue weighted by Crippen LogP contribution is -2.51. The summed E-state index contributed by atoms with van der Waals surface area (Å²) in [5.41, 5.74) is 1.91. The van der Waals surface area contributed by atoms with Gasteiger partial charge in [0.25, 0.3) is 11.5 Å². The number of carbonyl (C=O) groups is 3. The van der Waals surface area contributed by atoms with E-state index in [2.05, 4.69) is 34.4 Å². The SMILES string of the molecule is C=CCn1c(=O)c2ccccc2n2c(SCC(=O)NN3C(=O)NC4(CCC(C)CC4)C3=O)nnc12. The number of carbonyl (C=O) groups excluding carboxylic acids is 3. The third-order valence-electron chi connectivity index (χ3n) is 6.65. The molecular weight excluding hydrogens is 470 g/mol. The largest absolute Gasteiger partial charge is 0.344 e. The lowest BCUT2D eigenvalue weighted by molar-refractivity contribution is -0.139. The molecule has 2 aliphatic rings. The van der Waals surface area contributed by atoms with Crippen molar-refractivity contribution in [2.45, 2.75) is 49.8 Å². The van der Waals surface area contributed by atoms with Gasteiger partial charge in [0.1, 0.15) is 5.54 Å². The molecule has 2 N–H and O–H groups in total. The van der Waals surface area contributed by atoms with Gasteiger partial charge in [0.2, 0.25) is 11.7 Å². The number of urea groups is 1. The number of allylic oxidation sites excluding steroid dienone is 1. The number of fused-ring (bicyclic) bond motifs is 3. The lowest BCUT2D eigenvalue weighted by Gasteiger charge is -2.33. The van der Waals surface area contributed by atoms with E-state index in [-0.39, 0.29) is 17.9 Å². The van der Waals surface area contributed by atoms with Crippen LogP contribution in [0.3, 0.4) is 0 Å². The molecule has 2 aromatic heterocycles. The quantitative estimate of drug-likeness (QED) is 0.303. The van der Waals surface area contributed by atoms with Gasteiger partial charge in [-0.3, -0.25) is 28.8 Å². The van der Waals surface area contributed by atoms with Crippen LogP contribution in [0.25, 0.3) is 16.7 Å². The highest BCUT2D eigenvalue weighted by atomic mass is 32.2. The Morgan fingerprint density at radius 2 is 2.00 bits per heavy atom. The Labute approximate surface area is 204 Å². The van der Waals surface area contributed by atoms with Crippen LogP contribution in [-0.4, -0.2) is 53.3 Å². The summed E-state index contributed by atoms with van der Waals surface area (Å²) in [6.45, 7) is 6.08. The van der Waals surface area contributed by atoms with E-state index in [0.29, 0.717) is 40.6 Å². The molecule has 2 fully saturated rings. The van der Waals surface area contributed by atoms with Crippen LogP contribution in [0.5, 0.6) is 0 Å². The Morgan fingerprint density at radius 1 is 1.26 bits per heavy atom. The van der Waals surface area contributed by atoms with Crippen molar-refractivity contribution in [1.29, 1.82) is 0 Å². The molecule has 0 atom stereocenters. The van der Waals surface area contributed by atoms with Crippen LogP contribution < -0.4 is 16.3 Å². The summed E-state index contributed by atoms with van der Waals surface area (Å²) in [5, 5.41) is 12.8. The maximum atomic E-state index is 13.0. The minimum absolute atomic E-state index is 0.114. The number of hydrogen-bond acceptors (Lipinski definition) is 7. The molecular formula is C23H25N7O4S. The molecule has 5 rings (SSSR count). The molecule has 12 heteroatoms. The van der Waals surface area contributed by atoms with Crippen LogP contribution in [0.15, 0.2) is 46.9 Å². The van der Waals surface area contributed by atoms with Crippen LogP contribution in [0.1, 0.15) is 32.6 Å². The van der Waals surface area contributed by atoms with Crippen LogP contribution in [-0.2, 0) is 16.1 Å². The predicted octanol–water partition coefficient (Wildman–Crippen LogP) is 1.85. The van der Waals surface area contributed by atoms with E-state index in [1.807, 2.05) is 0 Å². The number of nitrogens with one attached hydrogen (secondary N) is 2. The fraction of sp³-hybridized carbons (Fsp3) is 0.391. The fourth-order valence-electron chi connectivity index (χ4n) is 4.72. The van der Waals surface area contributed by atoms with Crippen molar-refractivity contribution in [3.63, 3.8) is 0 Å².